The van der Waals surface area contributed by atoms with E-state index in [2.05, 4.69) is 10.3 Å². The van der Waals surface area contributed by atoms with Gasteiger partial charge in [-0.1, -0.05) is 6.07 Å². The predicted molar refractivity (Wildman–Crippen MR) is 94.8 cm³/mol. The van der Waals surface area contributed by atoms with Crippen LogP contribution in [0.3, 0.4) is 0 Å². The van der Waals surface area contributed by atoms with E-state index in [1.54, 1.807) is 4.90 Å². The van der Waals surface area contributed by atoms with Gasteiger partial charge >= 0.3 is 0 Å². The molecule has 2 amide bonds. The lowest BCUT2D eigenvalue weighted by Crippen LogP contribution is -2.44. The molecule has 1 atom stereocenters. The van der Waals surface area contributed by atoms with Gasteiger partial charge in [0.2, 0.25) is 18.6 Å². The molecule has 8 heteroatoms. The molecule has 1 aromatic carbocycles. The first-order valence-electron chi connectivity index (χ1n) is 8.47. The highest BCUT2D eigenvalue weighted by atomic mass is 32.1. The molecule has 0 bridgehead atoms. The number of fused-ring (bicyclic) bond motifs is 1. The average molecular weight is 373 g/mol. The van der Waals surface area contributed by atoms with Gasteiger partial charge in [0.05, 0.1) is 6.54 Å². The molecule has 26 heavy (non-hydrogen) atoms. The van der Waals surface area contributed by atoms with Crippen molar-refractivity contribution in [2.75, 3.05) is 6.79 Å². The summed E-state index contributed by atoms with van der Waals surface area (Å²) in [6, 6.07) is 5.14. The number of aromatic nitrogens is 1. The van der Waals surface area contributed by atoms with Crippen LogP contribution < -0.4 is 14.8 Å². The third kappa shape index (κ3) is 3.37. The zero-order chi connectivity index (χ0) is 18.1. The summed E-state index contributed by atoms with van der Waals surface area (Å²) in [5.74, 6) is 1.24. The zero-order valence-electron chi connectivity index (χ0n) is 14.4. The number of benzene rings is 1. The average Bonchev–Trinajstić information content (AvgIpc) is 3.34. The van der Waals surface area contributed by atoms with E-state index in [9.17, 15) is 9.59 Å². The van der Waals surface area contributed by atoms with Crippen LogP contribution in [0, 0.1) is 6.92 Å². The lowest BCUT2D eigenvalue weighted by molar-refractivity contribution is -0.135. The standard InChI is InChI=1S/C18H19N3O4S/c1-11-9-26-16(20-11)7-19-18(23)13-3-5-17(22)21(13)8-12-2-4-14-15(6-12)25-10-24-14/h2,4,6,9,13H,3,5,7-8,10H2,1H3,(H,19,23). The zero-order valence-corrected chi connectivity index (χ0v) is 15.2. The number of amides is 2. The van der Waals surface area contributed by atoms with Crippen molar-refractivity contribution in [2.45, 2.75) is 38.9 Å². The van der Waals surface area contributed by atoms with Crippen molar-refractivity contribution in [3.63, 3.8) is 0 Å². The predicted octanol–water partition coefficient (Wildman–Crippen LogP) is 1.99. The van der Waals surface area contributed by atoms with Gasteiger partial charge in [-0.25, -0.2) is 4.98 Å². The van der Waals surface area contributed by atoms with E-state index in [0.717, 1.165) is 16.3 Å². The normalized spacial score (nSPS) is 18.4. The van der Waals surface area contributed by atoms with Crippen LogP contribution in [0.1, 0.15) is 29.1 Å². The maximum atomic E-state index is 12.6. The van der Waals surface area contributed by atoms with Gasteiger partial charge in [-0.2, -0.15) is 0 Å². The van der Waals surface area contributed by atoms with Gasteiger partial charge in [0.15, 0.2) is 11.5 Å². The van der Waals surface area contributed by atoms with Crippen LogP contribution in [0.15, 0.2) is 23.6 Å². The van der Waals surface area contributed by atoms with Crippen molar-refractivity contribution in [2.24, 2.45) is 0 Å². The number of nitrogens with zero attached hydrogens (tertiary/aromatic N) is 2. The molecule has 1 unspecified atom stereocenters. The van der Waals surface area contributed by atoms with Crippen LogP contribution in [0.2, 0.25) is 0 Å². The molecule has 136 valence electrons. The van der Waals surface area contributed by atoms with E-state index < -0.39 is 6.04 Å². The summed E-state index contributed by atoms with van der Waals surface area (Å²) >= 11 is 1.52. The molecule has 3 heterocycles. The van der Waals surface area contributed by atoms with Crippen molar-refractivity contribution in [1.29, 1.82) is 0 Å². The van der Waals surface area contributed by atoms with Gasteiger partial charge in [-0.3, -0.25) is 9.59 Å². The van der Waals surface area contributed by atoms with E-state index >= 15 is 0 Å². The third-order valence-corrected chi connectivity index (χ3v) is 5.47. The van der Waals surface area contributed by atoms with E-state index in [4.69, 9.17) is 9.47 Å². The topological polar surface area (TPSA) is 80.8 Å². The van der Waals surface area contributed by atoms with Gasteiger partial charge in [-0.05, 0) is 31.0 Å². The summed E-state index contributed by atoms with van der Waals surface area (Å²) < 4.78 is 10.7. The molecule has 1 fully saturated rings. The van der Waals surface area contributed by atoms with Crippen LogP contribution in [0.25, 0.3) is 0 Å². The number of rotatable bonds is 5. The molecule has 2 aliphatic heterocycles. The third-order valence-electron chi connectivity index (χ3n) is 4.50. The first-order chi connectivity index (χ1) is 12.6. The van der Waals surface area contributed by atoms with E-state index in [1.165, 1.54) is 11.3 Å². The summed E-state index contributed by atoms with van der Waals surface area (Å²) in [4.78, 5) is 30.9. The summed E-state index contributed by atoms with van der Waals surface area (Å²) in [5.41, 5.74) is 1.86. The molecule has 0 aliphatic carbocycles. The largest absolute Gasteiger partial charge is 0.454 e. The molecular weight excluding hydrogens is 354 g/mol. The Morgan fingerprint density at radius 1 is 1.38 bits per heavy atom. The van der Waals surface area contributed by atoms with Crippen LogP contribution in [0.4, 0.5) is 0 Å². The highest BCUT2D eigenvalue weighted by molar-refractivity contribution is 7.09. The quantitative estimate of drug-likeness (QED) is 0.867. The Balaban J connectivity index is 1.42. The van der Waals surface area contributed by atoms with Crippen LogP contribution >= 0.6 is 11.3 Å². The fraction of sp³-hybridized carbons (Fsp3) is 0.389. The minimum absolute atomic E-state index is 0.00656. The number of thiazole rings is 1. The Labute approximate surface area is 154 Å². The summed E-state index contributed by atoms with van der Waals surface area (Å²) in [6.45, 7) is 2.90. The SMILES string of the molecule is Cc1csc(CNC(=O)C2CCC(=O)N2Cc2ccc3c(c2)OCO3)n1. The maximum absolute atomic E-state index is 12.6. The number of nitrogens with one attached hydrogen (secondary N) is 1. The van der Waals surface area contributed by atoms with Crippen molar-refractivity contribution < 1.29 is 19.1 Å². The molecule has 2 aliphatic rings. The van der Waals surface area contributed by atoms with Gasteiger partial charge in [0.25, 0.3) is 0 Å². The molecule has 1 saturated heterocycles. The molecule has 4 rings (SSSR count). The van der Waals surface area contributed by atoms with Crippen molar-refractivity contribution >= 4 is 23.2 Å². The van der Waals surface area contributed by atoms with Crippen molar-refractivity contribution in [3.05, 3.63) is 39.8 Å². The molecule has 0 saturated carbocycles. The molecule has 1 aromatic heterocycles. The number of likely N-dealkylation sites (tertiary alicyclic amines) is 1. The first-order valence-corrected chi connectivity index (χ1v) is 9.35. The van der Waals surface area contributed by atoms with Crippen LogP contribution in [0.5, 0.6) is 11.5 Å². The Morgan fingerprint density at radius 2 is 2.23 bits per heavy atom. The monoisotopic (exact) mass is 373 g/mol. The van der Waals surface area contributed by atoms with E-state index in [0.29, 0.717) is 37.4 Å². The van der Waals surface area contributed by atoms with E-state index in [1.807, 2.05) is 30.5 Å². The molecule has 2 aromatic rings. The molecule has 0 radical (unpaired) electrons. The summed E-state index contributed by atoms with van der Waals surface area (Å²) in [7, 11) is 0. The fourth-order valence-electron chi connectivity index (χ4n) is 3.20. The molecule has 1 N–H and O–H groups in total. The fourth-order valence-corrected chi connectivity index (χ4v) is 3.92. The summed E-state index contributed by atoms with van der Waals surface area (Å²) in [6.07, 6.45) is 0.922. The van der Waals surface area contributed by atoms with Gasteiger partial charge in [0, 0.05) is 24.0 Å². The van der Waals surface area contributed by atoms with Gasteiger partial charge in [0.1, 0.15) is 11.0 Å². The van der Waals surface area contributed by atoms with Crippen molar-refractivity contribution in [3.8, 4) is 11.5 Å². The van der Waals surface area contributed by atoms with Gasteiger partial charge < -0.3 is 19.7 Å². The molecule has 0 spiro atoms. The second kappa shape index (κ2) is 6.95. The number of carbonyl (C=O) groups excluding carboxylic acids is 2. The molecular formula is C18H19N3O4S. The van der Waals surface area contributed by atoms with Gasteiger partial charge in [-0.15, -0.1) is 11.3 Å². The van der Waals surface area contributed by atoms with Crippen LogP contribution in [-0.4, -0.2) is 34.5 Å². The number of aryl methyl sites for hydroxylation is 1. The number of hydrogen-bond donors (Lipinski definition) is 1. The highest BCUT2D eigenvalue weighted by Gasteiger charge is 2.36. The Bertz CT molecular complexity index is 851. The lowest BCUT2D eigenvalue weighted by Gasteiger charge is -2.24. The lowest BCUT2D eigenvalue weighted by atomic mass is 10.1. The number of carbonyl (C=O) groups is 2. The van der Waals surface area contributed by atoms with E-state index in [-0.39, 0.29) is 18.6 Å². The smallest absolute Gasteiger partial charge is 0.243 e. The van der Waals surface area contributed by atoms with Crippen LogP contribution in [-0.2, 0) is 22.7 Å². The second-order valence-corrected chi connectivity index (χ2v) is 7.31. The minimum atomic E-state index is -0.450. The number of ether oxygens (including phenoxy) is 2. The van der Waals surface area contributed by atoms with Crippen molar-refractivity contribution in [1.82, 2.24) is 15.2 Å². The minimum Gasteiger partial charge on any atom is -0.454 e. The number of hydrogen-bond acceptors (Lipinski definition) is 6. The Morgan fingerprint density at radius 3 is 3.04 bits per heavy atom. The molecule has 7 nitrogen and oxygen atoms in total. The Hall–Kier alpha value is -2.61. The first kappa shape index (κ1) is 16.8. The maximum Gasteiger partial charge on any atom is 0.243 e. The Kier molecular flexibility index (Phi) is 4.50. The highest BCUT2D eigenvalue weighted by Crippen LogP contribution is 2.33. The summed E-state index contributed by atoms with van der Waals surface area (Å²) in [5, 5.41) is 5.72. The second-order valence-electron chi connectivity index (χ2n) is 6.36.